The van der Waals surface area contributed by atoms with E-state index in [1.54, 1.807) is 0 Å². The molecule has 1 saturated carbocycles. The maximum Gasteiger partial charge on any atom is 0.230 e. The van der Waals surface area contributed by atoms with E-state index in [-0.39, 0.29) is 23.7 Å². The van der Waals surface area contributed by atoms with Crippen LogP contribution in [0.4, 0.5) is 0 Å². The quantitative estimate of drug-likeness (QED) is 0.883. The lowest BCUT2D eigenvalue weighted by atomic mass is 9.90. The van der Waals surface area contributed by atoms with Crippen molar-refractivity contribution < 1.29 is 4.79 Å². The fourth-order valence-electron chi connectivity index (χ4n) is 2.75. The molecule has 0 radical (unpaired) electrons. The van der Waals surface area contributed by atoms with Crippen molar-refractivity contribution >= 4 is 18.3 Å². The maximum atomic E-state index is 12.4. The second-order valence-corrected chi connectivity index (χ2v) is 5.63. The molecule has 2 aliphatic rings. The number of hydrogen-bond donors (Lipinski definition) is 2. The van der Waals surface area contributed by atoms with Crippen LogP contribution < -0.4 is 10.6 Å². The summed E-state index contributed by atoms with van der Waals surface area (Å²) in [5.41, 5.74) is 2.23. The number of amides is 1. The highest BCUT2D eigenvalue weighted by Gasteiger charge is 2.51. The molecule has 1 saturated heterocycles. The van der Waals surface area contributed by atoms with Crippen molar-refractivity contribution in [3.8, 4) is 0 Å². The molecule has 3 nitrogen and oxygen atoms in total. The molecule has 19 heavy (non-hydrogen) atoms. The maximum absolute atomic E-state index is 12.4. The minimum atomic E-state index is -0.220. The second kappa shape index (κ2) is 5.51. The van der Waals surface area contributed by atoms with Crippen molar-refractivity contribution in [1.29, 1.82) is 0 Å². The van der Waals surface area contributed by atoms with Crippen LogP contribution in [0.15, 0.2) is 24.3 Å². The van der Waals surface area contributed by atoms with Crippen LogP contribution in [-0.4, -0.2) is 25.5 Å². The molecule has 1 heterocycles. The number of rotatable bonds is 4. The minimum Gasteiger partial charge on any atom is -0.355 e. The summed E-state index contributed by atoms with van der Waals surface area (Å²) in [4.78, 5) is 12.4. The molecular formula is C15H21ClN2O. The molecule has 1 amide bonds. The van der Waals surface area contributed by atoms with Gasteiger partial charge >= 0.3 is 0 Å². The number of aryl methyl sites for hydroxylation is 1. The summed E-state index contributed by atoms with van der Waals surface area (Å²) in [6.07, 6.45) is 1.99. The number of nitrogens with one attached hydrogen (secondary N) is 2. The Kier molecular flexibility index (Phi) is 4.16. The van der Waals surface area contributed by atoms with Gasteiger partial charge in [-0.25, -0.2) is 0 Å². The topological polar surface area (TPSA) is 41.1 Å². The lowest BCUT2D eigenvalue weighted by Gasteiger charge is -2.28. The van der Waals surface area contributed by atoms with Crippen molar-refractivity contribution in [1.82, 2.24) is 10.6 Å². The van der Waals surface area contributed by atoms with E-state index < -0.39 is 0 Å². The summed E-state index contributed by atoms with van der Waals surface area (Å²) < 4.78 is 0. The van der Waals surface area contributed by atoms with Gasteiger partial charge in [0.05, 0.1) is 5.41 Å². The smallest absolute Gasteiger partial charge is 0.230 e. The van der Waals surface area contributed by atoms with E-state index in [4.69, 9.17) is 0 Å². The molecule has 2 fully saturated rings. The van der Waals surface area contributed by atoms with Gasteiger partial charge in [0.15, 0.2) is 0 Å². The number of carbonyl (C=O) groups is 1. The van der Waals surface area contributed by atoms with Crippen LogP contribution >= 0.6 is 12.4 Å². The molecule has 4 heteroatoms. The highest BCUT2D eigenvalue weighted by molar-refractivity contribution is 5.91. The number of benzene rings is 1. The van der Waals surface area contributed by atoms with Crippen LogP contribution in [0.25, 0.3) is 0 Å². The number of hydrogen-bond acceptors (Lipinski definition) is 2. The SMILES string of the molecule is Cc1ccccc1C1(C(=O)NCC2CNC2)CC1.Cl. The van der Waals surface area contributed by atoms with Crippen molar-refractivity contribution in [2.45, 2.75) is 25.2 Å². The number of halogens is 1. The van der Waals surface area contributed by atoms with Gasteiger partial charge in [0, 0.05) is 25.6 Å². The van der Waals surface area contributed by atoms with Crippen LogP contribution in [0, 0.1) is 12.8 Å². The molecule has 2 N–H and O–H groups in total. The first-order valence-corrected chi connectivity index (χ1v) is 6.77. The van der Waals surface area contributed by atoms with E-state index in [9.17, 15) is 4.79 Å². The average molecular weight is 281 g/mol. The zero-order chi connectivity index (χ0) is 12.6. The van der Waals surface area contributed by atoms with Crippen molar-refractivity contribution in [3.63, 3.8) is 0 Å². The lowest BCUT2D eigenvalue weighted by molar-refractivity contribution is -0.123. The fourth-order valence-corrected chi connectivity index (χ4v) is 2.75. The van der Waals surface area contributed by atoms with Gasteiger partial charge in [-0.3, -0.25) is 4.79 Å². The Morgan fingerprint density at radius 1 is 1.37 bits per heavy atom. The largest absolute Gasteiger partial charge is 0.355 e. The summed E-state index contributed by atoms with van der Waals surface area (Å²) in [6, 6.07) is 8.27. The van der Waals surface area contributed by atoms with Gasteiger partial charge in [0.25, 0.3) is 0 Å². The predicted octanol–water partition coefficient (Wildman–Crippen LogP) is 1.78. The van der Waals surface area contributed by atoms with E-state index >= 15 is 0 Å². The predicted molar refractivity (Wildman–Crippen MR) is 78.7 cm³/mol. The summed E-state index contributed by atoms with van der Waals surface area (Å²) in [5.74, 6) is 0.852. The second-order valence-electron chi connectivity index (χ2n) is 5.63. The molecule has 0 atom stereocenters. The zero-order valence-electron chi connectivity index (χ0n) is 11.2. The molecule has 1 aliphatic carbocycles. The Morgan fingerprint density at radius 2 is 2.05 bits per heavy atom. The molecule has 1 aromatic rings. The number of carbonyl (C=O) groups excluding carboxylic acids is 1. The van der Waals surface area contributed by atoms with Gasteiger partial charge in [-0.1, -0.05) is 24.3 Å². The monoisotopic (exact) mass is 280 g/mol. The highest BCUT2D eigenvalue weighted by Crippen LogP contribution is 2.49. The van der Waals surface area contributed by atoms with Crippen LogP contribution in [0.3, 0.4) is 0 Å². The van der Waals surface area contributed by atoms with Gasteiger partial charge in [-0.2, -0.15) is 0 Å². The Labute approximate surface area is 120 Å². The van der Waals surface area contributed by atoms with E-state index in [1.165, 1.54) is 11.1 Å². The lowest BCUT2D eigenvalue weighted by Crippen LogP contribution is -2.49. The Balaban J connectivity index is 0.00000133. The van der Waals surface area contributed by atoms with Gasteiger partial charge < -0.3 is 10.6 Å². The molecule has 0 bridgehead atoms. The summed E-state index contributed by atoms with van der Waals surface area (Å²) >= 11 is 0. The molecular weight excluding hydrogens is 260 g/mol. The molecule has 0 aromatic heterocycles. The van der Waals surface area contributed by atoms with Crippen molar-refractivity contribution in [2.75, 3.05) is 19.6 Å². The fraction of sp³-hybridized carbons (Fsp3) is 0.533. The minimum absolute atomic E-state index is 0. The Hall–Kier alpha value is -1.06. The summed E-state index contributed by atoms with van der Waals surface area (Å²) in [5, 5.41) is 6.36. The van der Waals surface area contributed by atoms with E-state index in [0.717, 1.165) is 32.5 Å². The van der Waals surface area contributed by atoms with Crippen LogP contribution in [-0.2, 0) is 10.2 Å². The first kappa shape index (κ1) is 14.4. The van der Waals surface area contributed by atoms with E-state index in [1.807, 2.05) is 12.1 Å². The first-order valence-electron chi connectivity index (χ1n) is 6.77. The average Bonchev–Trinajstić information content (AvgIpc) is 3.08. The molecule has 1 aromatic carbocycles. The summed E-state index contributed by atoms with van der Waals surface area (Å²) in [7, 11) is 0. The standard InChI is InChI=1S/C15H20N2O.ClH/c1-11-4-2-3-5-13(11)15(6-7-15)14(18)17-10-12-8-16-9-12;/h2-5,12,16H,6-10H2,1H3,(H,17,18);1H. The zero-order valence-corrected chi connectivity index (χ0v) is 12.1. The third-order valence-electron chi connectivity index (χ3n) is 4.26. The van der Waals surface area contributed by atoms with Gasteiger partial charge in [-0.05, 0) is 30.9 Å². The van der Waals surface area contributed by atoms with Gasteiger partial charge in [0.2, 0.25) is 5.91 Å². The third-order valence-corrected chi connectivity index (χ3v) is 4.26. The van der Waals surface area contributed by atoms with Crippen molar-refractivity contribution in [3.05, 3.63) is 35.4 Å². The molecule has 1 aliphatic heterocycles. The normalized spacial score (nSPS) is 20.1. The molecule has 104 valence electrons. The van der Waals surface area contributed by atoms with Gasteiger partial charge in [-0.15, -0.1) is 12.4 Å². The summed E-state index contributed by atoms with van der Waals surface area (Å²) in [6.45, 7) is 4.99. The van der Waals surface area contributed by atoms with Gasteiger partial charge in [0.1, 0.15) is 0 Å². The molecule has 0 unspecified atom stereocenters. The Morgan fingerprint density at radius 3 is 2.58 bits per heavy atom. The van der Waals surface area contributed by atoms with E-state index in [0.29, 0.717) is 5.92 Å². The van der Waals surface area contributed by atoms with Crippen molar-refractivity contribution in [2.24, 2.45) is 5.92 Å². The third kappa shape index (κ3) is 2.63. The van der Waals surface area contributed by atoms with Crippen LogP contribution in [0.5, 0.6) is 0 Å². The van der Waals surface area contributed by atoms with Crippen LogP contribution in [0.2, 0.25) is 0 Å². The van der Waals surface area contributed by atoms with Crippen LogP contribution in [0.1, 0.15) is 24.0 Å². The molecule has 0 spiro atoms. The first-order chi connectivity index (χ1) is 8.72. The van der Waals surface area contributed by atoms with E-state index in [2.05, 4.69) is 29.7 Å². The molecule has 3 rings (SSSR count). The Bertz CT molecular complexity index is 467. The highest BCUT2D eigenvalue weighted by atomic mass is 35.5.